The molecule has 2 fully saturated rings. The van der Waals surface area contributed by atoms with E-state index >= 15 is 0 Å². The van der Waals surface area contributed by atoms with Crippen LogP contribution in [-0.4, -0.2) is 63.8 Å². The van der Waals surface area contributed by atoms with Crippen molar-refractivity contribution in [3.8, 4) is 0 Å². The Morgan fingerprint density at radius 2 is 2.05 bits per heavy atom. The monoisotopic (exact) mass is 327 g/mol. The summed E-state index contributed by atoms with van der Waals surface area (Å²) in [5.41, 5.74) is -0.318. The Balaban J connectivity index is 2.03. The first-order valence-electron chi connectivity index (χ1n) is 7.71. The van der Waals surface area contributed by atoms with Gasteiger partial charge in [0.05, 0.1) is 11.8 Å². The second-order valence-corrected chi connectivity index (χ2v) is 7.90. The van der Waals surface area contributed by atoms with E-state index in [4.69, 9.17) is 0 Å². The summed E-state index contributed by atoms with van der Waals surface area (Å²) in [7, 11) is 0. The molecule has 0 bridgehead atoms. The van der Waals surface area contributed by atoms with Gasteiger partial charge < -0.3 is 15.1 Å². The van der Waals surface area contributed by atoms with Crippen molar-refractivity contribution in [2.75, 3.05) is 24.7 Å². The maximum atomic E-state index is 12.7. The molecule has 22 heavy (non-hydrogen) atoms. The zero-order valence-electron chi connectivity index (χ0n) is 13.7. The minimum absolute atomic E-state index is 0.0309. The number of nitrogens with zero attached hydrogens (tertiary/aromatic N) is 2. The van der Waals surface area contributed by atoms with Crippen molar-refractivity contribution in [2.45, 2.75) is 45.7 Å². The molecule has 0 radical (unpaired) electrons. The van der Waals surface area contributed by atoms with Crippen molar-refractivity contribution in [3.63, 3.8) is 0 Å². The number of hydrogen-bond acceptors (Lipinski definition) is 4. The third kappa shape index (κ3) is 3.74. The largest absolute Gasteiger partial charge is 0.350 e. The van der Waals surface area contributed by atoms with E-state index in [1.165, 1.54) is 0 Å². The minimum Gasteiger partial charge on any atom is -0.350 e. The van der Waals surface area contributed by atoms with Crippen LogP contribution in [0.1, 0.15) is 34.1 Å². The lowest BCUT2D eigenvalue weighted by atomic mass is 10.1. The summed E-state index contributed by atoms with van der Waals surface area (Å²) in [6.45, 7) is 8.79. The number of likely N-dealkylation sites (tertiary alicyclic amines) is 1. The Labute approximate surface area is 136 Å². The second-order valence-electron chi connectivity index (χ2n) is 6.90. The van der Waals surface area contributed by atoms with Gasteiger partial charge in [0, 0.05) is 30.8 Å². The fourth-order valence-corrected chi connectivity index (χ4v) is 3.97. The normalized spacial score (nSPS) is 25.7. The Kier molecular flexibility index (Phi) is 5.04. The molecular formula is C15H25N3O3S. The summed E-state index contributed by atoms with van der Waals surface area (Å²) in [6, 6.07) is -0.428. The van der Waals surface area contributed by atoms with E-state index in [9.17, 15) is 14.4 Å². The first kappa shape index (κ1) is 17.1. The predicted molar refractivity (Wildman–Crippen MR) is 86.2 cm³/mol. The first-order chi connectivity index (χ1) is 10.2. The standard InChI is InChI=1S/C15H25N3O3S/c1-5-17-7-10(6-12(17)19)14(21)18-9-22-8-11(18)13(20)16-15(2,3)4/h10-11H,5-9H2,1-4H3,(H,16,20)/t10-,11+/m0/s1. The molecule has 7 heteroatoms. The van der Waals surface area contributed by atoms with Gasteiger partial charge in [0.1, 0.15) is 6.04 Å². The predicted octanol–water partition coefficient (Wildman–Crippen LogP) is 0.671. The fourth-order valence-electron chi connectivity index (χ4n) is 2.81. The Morgan fingerprint density at radius 1 is 1.36 bits per heavy atom. The average molecular weight is 327 g/mol. The van der Waals surface area contributed by atoms with Crippen molar-refractivity contribution in [3.05, 3.63) is 0 Å². The van der Waals surface area contributed by atoms with Crippen LogP contribution < -0.4 is 5.32 Å². The van der Waals surface area contributed by atoms with Crippen LogP contribution >= 0.6 is 11.8 Å². The number of amides is 3. The molecule has 0 aromatic heterocycles. The molecule has 2 atom stereocenters. The molecule has 1 N–H and O–H groups in total. The van der Waals surface area contributed by atoms with E-state index in [2.05, 4.69) is 5.32 Å². The molecule has 124 valence electrons. The number of carbonyl (C=O) groups is 3. The van der Waals surface area contributed by atoms with Crippen molar-refractivity contribution in [1.82, 2.24) is 15.1 Å². The van der Waals surface area contributed by atoms with E-state index in [1.54, 1.807) is 21.6 Å². The highest BCUT2D eigenvalue weighted by Crippen LogP contribution is 2.27. The quantitative estimate of drug-likeness (QED) is 0.827. The van der Waals surface area contributed by atoms with Crippen molar-refractivity contribution in [1.29, 1.82) is 0 Å². The van der Waals surface area contributed by atoms with Gasteiger partial charge in [-0.15, -0.1) is 11.8 Å². The van der Waals surface area contributed by atoms with Crippen molar-refractivity contribution >= 4 is 29.5 Å². The summed E-state index contributed by atoms with van der Waals surface area (Å²) >= 11 is 1.58. The Morgan fingerprint density at radius 3 is 2.59 bits per heavy atom. The molecule has 0 aromatic rings. The zero-order chi connectivity index (χ0) is 16.5. The van der Waals surface area contributed by atoms with Crippen LogP contribution in [0.15, 0.2) is 0 Å². The summed E-state index contributed by atoms with van der Waals surface area (Å²) in [5, 5.41) is 2.94. The van der Waals surface area contributed by atoms with Crippen LogP contribution in [-0.2, 0) is 14.4 Å². The number of hydrogen-bond donors (Lipinski definition) is 1. The van der Waals surface area contributed by atoms with Gasteiger partial charge in [0.25, 0.3) is 0 Å². The van der Waals surface area contributed by atoms with Crippen LogP contribution in [0, 0.1) is 5.92 Å². The van der Waals surface area contributed by atoms with Gasteiger partial charge in [0.2, 0.25) is 17.7 Å². The Hall–Kier alpha value is -1.24. The third-order valence-electron chi connectivity index (χ3n) is 3.91. The second kappa shape index (κ2) is 6.48. The SMILES string of the molecule is CCN1C[C@@H](C(=O)N2CSC[C@@H]2C(=O)NC(C)(C)C)CC1=O. The van der Waals surface area contributed by atoms with Crippen LogP contribution in [0.2, 0.25) is 0 Å². The number of thioether (sulfide) groups is 1. The van der Waals surface area contributed by atoms with E-state index in [0.717, 1.165) is 0 Å². The molecule has 0 unspecified atom stereocenters. The lowest BCUT2D eigenvalue weighted by Crippen LogP contribution is -2.53. The first-order valence-corrected chi connectivity index (χ1v) is 8.86. The molecule has 6 nitrogen and oxygen atoms in total. The van der Waals surface area contributed by atoms with Crippen LogP contribution in [0.3, 0.4) is 0 Å². The molecule has 2 rings (SSSR count). The number of carbonyl (C=O) groups excluding carboxylic acids is 3. The highest BCUT2D eigenvalue weighted by atomic mass is 32.2. The van der Waals surface area contributed by atoms with E-state index in [1.807, 2.05) is 27.7 Å². The summed E-state index contributed by atoms with van der Waals surface area (Å²) < 4.78 is 0. The topological polar surface area (TPSA) is 69.7 Å². The molecule has 2 aliphatic rings. The molecule has 0 spiro atoms. The van der Waals surface area contributed by atoms with Crippen LogP contribution in [0.5, 0.6) is 0 Å². The van der Waals surface area contributed by atoms with E-state index in [0.29, 0.717) is 24.7 Å². The molecule has 2 aliphatic heterocycles. The number of nitrogens with one attached hydrogen (secondary N) is 1. The Bertz CT molecular complexity index is 475. The van der Waals surface area contributed by atoms with Gasteiger partial charge in [-0.3, -0.25) is 14.4 Å². The fraction of sp³-hybridized carbons (Fsp3) is 0.800. The smallest absolute Gasteiger partial charge is 0.244 e. The zero-order valence-corrected chi connectivity index (χ0v) is 14.5. The highest BCUT2D eigenvalue weighted by Gasteiger charge is 2.42. The highest BCUT2D eigenvalue weighted by molar-refractivity contribution is 7.99. The third-order valence-corrected chi connectivity index (χ3v) is 4.92. The average Bonchev–Trinajstić information content (AvgIpc) is 3.02. The van der Waals surface area contributed by atoms with Crippen molar-refractivity contribution in [2.24, 2.45) is 5.92 Å². The van der Waals surface area contributed by atoms with Gasteiger partial charge >= 0.3 is 0 Å². The molecule has 0 aliphatic carbocycles. The molecule has 0 aromatic carbocycles. The molecule has 2 heterocycles. The molecule has 3 amide bonds. The van der Waals surface area contributed by atoms with Gasteiger partial charge in [-0.05, 0) is 27.7 Å². The molecule has 0 saturated carbocycles. The van der Waals surface area contributed by atoms with Gasteiger partial charge in [0.15, 0.2) is 0 Å². The summed E-state index contributed by atoms with van der Waals surface area (Å²) in [4.78, 5) is 40.2. The summed E-state index contributed by atoms with van der Waals surface area (Å²) in [6.07, 6.45) is 0.265. The maximum Gasteiger partial charge on any atom is 0.244 e. The van der Waals surface area contributed by atoms with E-state index in [-0.39, 0.29) is 35.6 Å². The van der Waals surface area contributed by atoms with Gasteiger partial charge in [-0.1, -0.05) is 0 Å². The van der Waals surface area contributed by atoms with E-state index < -0.39 is 6.04 Å². The summed E-state index contributed by atoms with van der Waals surface area (Å²) in [5.74, 6) is 0.689. The minimum atomic E-state index is -0.428. The van der Waals surface area contributed by atoms with Gasteiger partial charge in [-0.2, -0.15) is 0 Å². The van der Waals surface area contributed by atoms with Gasteiger partial charge in [-0.25, -0.2) is 0 Å². The van der Waals surface area contributed by atoms with Crippen LogP contribution in [0.4, 0.5) is 0 Å². The number of rotatable bonds is 3. The van der Waals surface area contributed by atoms with Crippen LogP contribution in [0.25, 0.3) is 0 Å². The lowest BCUT2D eigenvalue weighted by molar-refractivity contribution is -0.141. The lowest BCUT2D eigenvalue weighted by Gasteiger charge is -2.29. The molecule has 2 saturated heterocycles. The van der Waals surface area contributed by atoms with Crippen molar-refractivity contribution < 1.29 is 14.4 Å². The maximum absolute atomic E-state index is 12.7. The molecular weight excluding hydrogens is 302 g/mol.